The van der Waals surface area contributed by atoms with Gasteiger partial charge in [-0.1, -0.05) is 268 Å². The number of anilines is 6. The first kappa shape index (κ1) is 49.6. The van der Waals surface area contributed by atoms with Crippen molar-refractivity contribution in [3.8, 4) is 55.9 Å². The number of aromatic nitrogens is 2. The summed E-state index contributed by atoms with van der Waals surface area (Å²) >= 11 is 0. The molecule has 0 radical (unpaired) electrons. The van der Waals surface area contributed by atoms with Crippen LogP contribution < -0.4 is 26.2 Å². The average Bonchev–Trinajstić information content (AvgIpc) is 0.944. The Balaban J connectivity index is 1.03. The lowest BCUT2D eigenvalue weighted by atomic mass is 9.33. The fraction of sp³-hybridized carbons (Fsp3) is 0.125. The Hall–Kier alpha value is -11.9. The van der Waals surface area contributed by atoms with Gasteiger partial charge in [0.2, 0.25) is 0 Å². The summed E-state index contributed by atoms with van der Waals surface area (Å²) in [6.45, 7) is 19.5. The quantitative estimate of drug-likeness (QED) is 0.142. The van der Waals surface area contributed by atoms with E-state index in [9.17, 15) is 13.7 Å². The lowest BCUT2D eigenvalue weighted by Crippen LogP contribution is -2.61. The smallest absolute Gasteiger partial charge is 0.252 e. The van der Waals surface area contributed by atoms with Gasteiger partial charge in [-0.25, -0.2) is 0 Å². The Morgan fingerprint density at radius 2 is 0.686 bits per heavy atom. The number of hydrogen-bond acceptors (Lipinski definition) is 3. The summed E-state index contributed by atoms with van der Waals surface area (Å²) in [6.07, 6.45) is 0. The summed E-state index contributed by atoms with van der Waals surface area (Å²) < 4.78 is 125. The van der Waals surface area contributed by atoms with Gasteiger partial charge in [-0.15, -0.1) is 0 Å². The molecule has 0 bridgehead atoms. The lowest BCUT2D eigenvalue weighted by Gasteiger charge is -2.47. The van der Waals surface area contributed by atoms with Crippen molar-refractivity contribution in [1.29, 1.82) is 0 Å². The predicted molar refractivity (Wildman–Crippen MR) is 434 cm³/mol. The van der Waals surface area contributed by atoms with Crippen LogP contribution in [0, 0.1) is 0 Å². The lowest BCUT2D eigenvalue weighted by molar-refractivity contribution is 0.590. The molecule has 0 spiro atoms. The molecule has 2 aliphatic rings. The molecule has 0 amide bonds. The summed E-state index contributed by atoms with van der Waals surface area (Å²) in [5, 5.41) is 2.46. The number of hydrogen-bond donors (Lipinski definition) is 0. The van der Waals surface area contributed by atoms with Crippen molar-refractivity contribution in [3.05, 3.63) is 320 Å². The van der Waals surface area contributed by atoms with Gasteiger partial charge in [0, 0.05) is 88.7 Å². The molecule has 0 saturated heterocycles. The molecule has 0 atom stereocenters. The van der Waals surface area contributed by atoms with E-state index >= 15 is 0 Å². The minimum Gasteiger partial charge on any atom is -0.456 e. The van der Waals surface area contributed by atoms with Gasteiger partial charge in [-0.2, -0.15) is 0 Å². The standard InChI is InChI=1S/C96H77BN4O/c1-94(2,3)64-52-73(60-30-14-10-15-31-60)92(74(53-64)61-32-16-11-17-33-61)100-83-58-67(98-79-42-26-22-38-69(79)70-39-23-27-43-80(70)98)46-48-77(83)97-78-49-47-68(99-81-44-28-24-40-71(81)89-82(99)50-51-88-90(89)72-41-25-29-45-87(72)102-88)59-84(78)101(86-57-66(96(7,8)9)56-85(100)91(86)97)93-75(62-34-18-12-19-35-62)54-65(95(4,5)6)55-76(93)63-36-20-13-21-37-63/h10-59H,1-9H3/i22D,23D,24D,26D,27D,28D,38D,39D,40D,42D,43D,44D. The summed E-state index contributed by atoms with van der Waals surface area (Å²) in [5.41, 5.74) is 20.2. The summed E-state index contributed by atoms with van der Waals surface area (Å²) in [4.78, 5) is 4.88. The van der Waals surface area contributed by atoms with Crippen molar-refractivity contribution in [2.45, 2.75) is 78.6 Å². The zero-order valence-electron chi connectivity index (χ0n) is 70.2. The molecule has 5 nitrogen and oxygen atoms in total. The highest BCUT2D eigenvalue weighted by atomic mass is 16.3. The second-order valence-corrected chi connectivity index (χ2v) is 30.3. The molecular formula is C96H77BN4O. The molecule has 5 heterocycles. The van der Waals surface area contributed by atoms with E-state index in [4.69, 9.17) is 7.16 Å². The number of nitrogens with zero attached hydrogens (tertiary/aromatic N) is 4. The van der Waals surface area contributed by atoms with E-state index in [0.29, 0.717) is 50.0 Å². The van der Waals surface area contributed by atoms with Crippen molar-refractivity contribution in [3.63, 3.8) is 0 Å². The number of rotatable bonds is 8. The largest absolute Gasteiger partial charge is 0.456 e. The third-order valence-corrected chi connectivity index (χ3v) is 21.1. The van der Waals surface area contributed by atoms with Gasteiger partial charge in [-0.3, -0.25) is 0 Å². The second-order valence-electron chi connectivity index (χ2n) is 30.3. The van der Waals surface area contributed by atoms with Crippen LogP contribution in [0.15, 0.2) is 307 Å². The highest BCUT2D eigenvalue weighted by Gasteiger charge is 2.47. The molecule has 0 fully saturated rings. The Morgan fingerprint density at radius 3 is 1.12 bits per heavy atom. The van der Waals surface area contributed by atoms with Crippen LogP contribution in [-0.4, -0.2) is 15.8 Å². The molecule has 0 N–H and O–H groups in total. The highest BCUT2D eigenvalue weighted by Crippen LogP contribution is 2.56. The van der Waals surface area contributed by atoms with E-state index in [2.05, 4.69) is 230 Å². The number of furan rings is 1. The van der Waals surface area contributed by atoms with Crippen LogP contribution in [0.4, 0.5) is 34.1 Å². The fourth-order valence-corrected chi connectivity index (χ4v) is 16.1. The van der Waals surface area contributed by atoms with E-state index in [-0.39, 0.29) is 56.8 Å². The van der Waals surface area contributed by atoms with E-state index in [1.54, 1.807) is 4.57 Å². The summed E-state index contributed by atoms with van der Waals surface area (Å²) in [7, 11) is 0. The maximum atomic E-state index is 10.1. The number of benzene rings is 14. The van der Waals surface area contributed by atoms with Crippen LogP contribution in [0.2, 0.25) is 0 Å². The predicted octanol–water partition coefficient (Wildman–Crippen LogP) is 24.4. The third kappa shape index (κ3) is 9.52. The van der Waals surface area contributed by atoms with Gasteiger partial charge >= 0.3 is 0 Å². The second kappa shape index (κ2) is 22.8. The van der Waals surface area contributed by atoms with Crippen LogP contribution in [0.3, 0.4) is 0 Å². The van der Waals surface area contributed by atoms with Gasteiger partial charge in [0.05, 0.1) is 49.9 Å². The molecule has 6 heteroatoms. The van der Waals surface area contributed by atoms with E-state index in [0.717, 1.165) is 117 Å². The first-order valence-corrected chi connectivity index (χ1v) is 35.0. The van der Waals surface area contributed by atoms with Gasteiger partial charge in [0.15, 0.2) is 0 Å². The van der Waals surface area contributed by atoms with Crippen LogP contribution in [0.25, 0.3) is 121 Å². The zero-order valence-corrected chi connectivity index (χ0v) is 58.2. The SMILES string of the molecule is [2H]c1c([2H])c([2H])c2c(c1[2H])c1c3c(ccc1n2-c1ccc2c(c1)N(c1c(-c4ccccc4)cc(C(C)(C)C)cc1-c1ccccc1)c1cc(C(C)(C)C)cc4c1B2c1ccc(-n2c5c([2H])c([2H])c([2H])c([2H])c5c5c([2H])c([2H])c([2H])c([2H])c52)cc1N4c1c(-c2ccccc2)cc(C(C)(C)C)cc1-c1ccccc1)oc1ccccc13. The summed E-state index contributed by atoms with van der Waals surface area (Å²) in [5.74, 6) is 0. The molecule has 0 aliphatic carbocycles. The van der Waals surface area contributed by atoms with Crippen LogP contribution in [0.1, 0.15) is 95.5 Å². The number of para-hydroxylation sites is 4. The van der Waals surface area contributed by atoms with E-state index < -0.39 is 60.5 Å². The van der Waals surface area contributed by atoms with Crippen LogP contribution in [-0.2, 0) is 16.2 Å². The molecule has 2 aliphatic heterocycles. The first-order chi connectivity index (χ1) is 54.5. The van der Waals surface area contributed by atoms with E-state index in [1.807, 2.05) is 77.4 Å². The Bertz CT molecular complexity index is 6820. The summed E-state index contributed by atoms with van der Waals surface area (Å²) in [6, 6.07) is 75.4. The highest BCUT2D eigenvalue weighted by molar-refractivity contribution is 7.00. The third-order valence-electron chi connectivity index (χ3n) is 21.1. The normalized spacial score (nSPS) is 14.7. The van der Waals surface area contributed by atoms with Crippen molar-refractivity contribution in [2.75, 3.05) is 9.80 Å². The van der Waals surface area contributed by atoms with Gasteiger partial charge in [0.1, 0.15) is 11.2 Å². The molecular weight excluding hydrogens is 1240 g/mol. The van der Waals surface area contributed by atoms with Crippen molar-refractivity contribution in [1.82, 2.24) is 9.13 Å². The Kier molecular flexibility index (Phi) is 11.1. The fourth-order valence-electron chi connectivity index (χ4n) is 16.1. The Morgan fingerprint density at radius 1 is 0.314 bits per heavy atom. The minimum atomic E-state index is -0.645. The Labute approximate surface area is 613 Å². The van der Waals surface area contributed by atoms with Gasteiger partial charge in [0.25, 0.3) is 6.71 Å². The molecule has 14 aromatic carbocycles. The van der Waals surface area contributed by atoms with Crippen molar-refractivity contribution >= 4 is 123 Å². The maximum Gasteiger partial charge on any atom is 0.252 e. The maximum absolute atomic E-state index is 10.1. The molecule has 0 saturated carbocycles. The molecule has 0 unspecified atom stereocenters. The topological polar surface area (TPSA) is 29.5 Å². The molecule has 17 aromatic rings. The van der Waals surface area contributed by atoms with Crippen molar-refractivity contribution < 1.29 is 20.9 Å². The monoisotopic (exact) mass is 1320 g/mol. The molecule has 102 heavy (non-hydrogen) atoms. The molecule has 490 valence electrons. The average molecular weight is 1330 g/mol. The van der Waals surface area contributed by atoms with Gasteiger partial charge < -0.3 is 23.4 Å². The molecule has 19 rings (SSSR count). The minimum absolute atomic E-state index is 0.00351. The first-order valence-electron chi connectivity index (χ1n) is 41.0. The zero-order chi connectivity index (χ0) is 79.5. The van der Waals surface area contributed by atoms with Gasteiger partial charge in [-0.05, 0) is 169 Å². The van der Waals surface area contributed by atoms with Crippen molar-refractivity contribution in [2.24, 2.45) is 0 Å². The molecule has 3 aromatic heterocycles. The number of fused-ring (bicyclic) bond motifs is 14. The van der Waals surface area contributed by atoms with Crippen LogP contribution in [0.5, 0.6) is 0 Å². The van der Waals surface area contributed by atoms with E-state index in [1.165, 1.54) is 0 Å². The van der Waals surface area contributed by atoms with Crippen LogP contribution >= 0.6 is 0 Å².